The lowest BCUT2D eigenvalue weighted by Gasteiger charge is -2.19. The number of hydrogen-bond acceptors (Lipinski definition) is 5. The molecule has 25 heavy (non-hydrogen) atoms. The maximum Gasteiger partial charge on any atom is 0.417 e. The number of aromatic nitrogens is 1. The summed E-state index contributed by atoms with van der Waals surface area (Å²) in [6.07, 6.45) is 1.75. The van der Waals surface area contributed by atoms with Crippen LogP contribution in [0.25, 0.3) is 0 Å². The molecule has 2 amide bonds. The van der Waals surface area contributed by atoms with E-state index in [2.05, 4.69) is 0 Å². The van der Waals surface area contributed by atoms with Gasteiger partial charge in [-0.05, 0) is 13.8 Å². The van der Waals surface area contributed by atoms with Gasteiger partial charge in [0.15, 0.2) is 12.5 Å². The van der Waals surface area contributed by atoms with Crippen molar-refractivity contribution in [3.05, 3.63) is 30.1 Å². The third-order valence-electron chi connectivity index (χ3n) is 4.13. The van der Waals surface area contributed by atoms with Crippen molar-refractivity contribution in [2.45, 2.75) is 46.6 Å². The fraction of sp³-hybridized carbons (Fsp3) is 0.611. The Bertz CT molecular complexity index is 593. The molecule has 0 radical (unpaired) electrons. The zero-order chi connectivity index (χ0) is 18.2. The first-order valence-electron chi connectivity index (χ1n) is 8.70. The average Bonchev–Trinajstić information content (AvgIpc) is 3.05. The lowest BCUT2D eigenvalue weighted by Crippen LogP contribution is -2.43. The van der Waals surface area contributed by atoms with Crippen LogP contribution in [-0.4, -0.2) is 43.0 Å². The van der Waals surface area contributed by atoms with Gasteiger partial charge in [0.2, 0.25) is 11.6 Å². The molecular weight excluding hydrogens is 324 g/mol. The van der Waals surface area contributed by atoms with Crippen molar-refractivity contribution < 1.29 is 28.4 Å². The predicted octanol–water partition coefficient (Wildman–Crippen LogP) is 1.88. The van der Waals surface area contributed by atoms with Crippen LogP contribution in [0.4, 0.5) is 4.79 Å². The molecule has 138 valence electrons. The second-order valence-corrected chi connectivity index (χ2v) is 5.98. The van der Waals surface area contributed by atoms with E-state index in [-0.39, 0.29) is 31.3 Å². The molecular formula is C18H27N2O5+. The van der Waals surface area contributed by atoms with Gasteiger partial charge in [-0.25, -0.2) is 14.3 Å². The summed E-state index contributed by atoms with van der Waals surface area (Å²) in [6, 6.07) is 5.69. The number of carbonyl (C=O) groups is 2. The van der Waals surface area contributed by atoms with E-state index in [1.54, 1.807) is 0 Å². The first-order chi connectivity index (χ1) is 12.0. The Kier molecular flexibility index (Phi) is 7.33. The smallest absolute Gasteiger partial charge is 0.417 e. The van der Waals surface area contributed by atoms with E-state index in [0.717, 1.165) is 17.1 Å². The van der Waals surface area contributed by atoms with E-state index in [1.165, 1.54) is 6.92 Å². The Morgan fingerprint density at radius 1 is 1.36 bits per heavy atom. The van der Waals surface area contributed by atoms with Crippen LogP contribution in [0.15, 0.2) is 24.4 Å². The highest BCUT2D eigenvalue weighted by Crippen LogP contribution is 2.21. The molecule has 1 aromatic heterocycles. The fourth-order valence-electron chi connectivity index (χ4n) is 2.77. The summed E-state index contributed by atoms with van der Waals surface area (Å²) >= 11 is 0. The Morgan fingerprint density at radius 2 is 2.16 bits per heavy atom. The quantitative estimate of drug-likeness (QED) is 0.702. The molecule has 1 fully saturated rings. The fourth-order valence-corrected chi connectivity index (χ4v) is 2.77. The van der Waals surface area contributed by atoms with Crippen molar-refractivity contribution in [3.8, 4) is 0 Å². The Balaban J connectivity index is 1.91. The maximum absolute atomic E-state index is 12.4. The number of pyridine rings is 1. The number of amides is 2. The standard InChI is InChI=1S/C18H27N2O5/c1-4-19-9-7-6-8-16(19)11-20(14(3)21)18(22)25-13-15-10-17(23-5-2)24-12-15/h6-9,15,17H,4-5,10-13H2,1-3H3/q+1. The Hall–Kier alpha value is -1.99. The molecule has 0 saturated carbocycles. The van der Waals surface area contributed by atoms with Gasteiger partial charge in [-0.2, -0.15) is 0 Å². The lowest BCUT2D eigenvalue weighted by molar-refractivity contribution is -0.701. The predicted molar refractivity (Wildman–Crippen MR) is 89.4 cm³/mol. The molecule has 1 aliphatic heterocycles. The number of imide groups is 1. The lowest BCUT2D eigenvalue weighted by atomic mass is 10.1. The molecule has 7 nitrogen and oxygen atoms in total. The van der Waals surface area contributed by atoms with Crippen molar-refractivity contribution >= 4 is 12.0 Å². The molecule has 1 aliphatic rings. The van der Waals surface area contributed by atoms with Crippen molar-refractivity contribution in [1.82, 2.24) is 4.90 Å². The van der Waals surface area contributed by atoms with Crippen LogP contribution in [0.2, 0.25) is 0 Å². The van der Waals surface area contributed by atoms with Crippen LogP contribution in [0.5, 0.6) is 0 Å². The van der Waals surface area contributed by atoms with Crippen molar-refractivity contribution in [3.63, 3.8) is 0 Å². The summed E-state index contributed by atoms with van der Waals surface area (Å²) in [5.74, 6) is -0.252. The summed E-state index contributed by atoms with van der Waals surface area (Å²) in [6.45, 7) is 7.53. The minimum Gasteiger partial charge on any atom is -0.449 e. The van der Waals surface area contributed by atoms with Gasteiger partial charge < -0.3 is 14.2 Å². The largest absolute Gasteiger partial charge is 0.449 e. The van der Waals surface area contributed by atoms with Crippen LogP contribution in [0.3, 0.4) is 0 Å². The van der Waals surface area contributed by atoms with Crippen molar-refractivity contribution in [2.24, 2.45) is 5.92 Å². The molecule has 2 unspecified atom stereocenters. The summed E-state index contributed by atoms with van der Waals surface area (Å²) < 4.78 is 18.2. The SMILES string of the molecule is CCOC1CC(COC(=O)N(Cc2cccc[n+]2CC)C(C)=O)CO1. The van der Waals surface area contributed by atoms with Gasteiger partial charge in [-0.1, -0.05) is 6.07 Å². The first kappa shape index (κ1) is 19.3. The van der Waals surface area contributed by atoms with Gasteiger partial charge >= 0.3 is 6.09 Å². The molecule has 1 aromatic rings. The Morgan fingerprint density at radius 3 is 2.84 bits per heavy atom. The van der Waals surface area contributed by atoms with E-state index in [9.17, 15) is 9.59 Å². The average molecular weight is 351 g/mol. The summed E-state index contributed by atoms with van der Waals surface area (Å²) in [4.78, 5) is 25.4. The highest BCUT2D eigenvalue weighted by atomic mass is 16.7. The second-order valence-electron chi connectivity index (χ2n) is 5.98. The number of ether oxygens (including phenoxy) is 3. The minimum atomic E-state index is -0.626. The molecule has 0 aromatic carbocycles. The molecule has 2 atom stereocenters. The third kappa shape index (κ3) is 5.51. The molecule has 0 spiro atoms. The zero-order valence-electron chi connectivity index (χ0n) is 15.1. The number of hydrogen-bond donors (Lipinski definition) is 0. The van der Waals surface area contributed by atoms with Crippen LogP contribution in [-0.2, 0) is 32.1 Å². The van der Waals surface area contributed by atoms with Gasteiger partial charge in [0, 0.05) is 38.0 Å². The van der Waals surface area contributed by atoms with Gasteiger partial charge in [0.05, 0.1) is 13.2 Å². The van der Waals surface area contributed by atoms with E-state index < -0.39 is 6.09 Å². The summed E-state index contributed by atoms with van der Waals surface area (Å²) in [5.41, 5.74) is 0.873. The van der Waals surface area contributed by atoms with Gasteiger partial charge in [0.25, 0.3) is 0 Å². The molecule has 2 heterocycles. The van der Waals surface area contributed by atoms with Crippen LogP contribution >= 0.6 is 0 Å². The number of aryl methyl sites for hydroxylation is 1. The molecule has 2 rings (SSSR count). The van der Waals surface area contributed by atoms with Crippen LogP contribution < -0.4 is 4.57 Å². The monoisotopic (exact) mass is 351 g/mol. The number of rotatable bonds is 7. The van der Waals surface area contributed by atoms with E-state index >= 15 is 0 Å². The van der Waals surface area contributed by atoms with Crippen molar-refractivity contribution in [2.75, 3.05) is 19.8 Å². The highest BCUT2D eigenvalue weighted by molar-refractivity contribution is 5.90. The molecule has 0 aliphatic carbocycles. The summed E-state index contributed by atoms with van der Waals surface area (Å²) in [5, 5.41) is 0. The Labute approximate surface area is 148 Å². The third-order valence-corrected chi connectivity index (χ3v) is 4.13. The van der Waals surface area contributed by atoms with Crippen LogP contribution in [0, 0.1) is 5.92 Å². The minimum absolute atomic E-state index is 0.0895. The molecule has 7 heteroatoms. The normalized spacial score (nSPS) is 19.6. The van der Waals surface area contributed by atoms with E-state index in [0.29, 0.717) is 19.6 Å². The molecule has 0 N–H and O–H groups in total. The van der Waals surface area contributed by atoms with E-state index in [1.807, 2.05) is 42.8 Å². The summed E-state index contributed by atoms with van der Waals surface area (Å²) in [7, 11) is 0. The zero-order valence-corrected chi connectivity index (χ0v) is 15.1. The van der Waals surface area contributed by atoms with Gasteiger partial charge in [-0.15, -0.1) is 0 Å². The van der Waals surface area contributed by atoms with Crippen LogP contribution in [0.1, 0.15) is 32.9 Å². The second kappa shape index (κ2) is 9.48. The topological polar surface area (TPSA) is 69.0 Å². The number of carbonyl (C=O) groups excluding carboxylic acids is 2. The first-order valence-corrected chi connectivity index (χ1v) is 8.70. The van der Waals surface area contributed by atoms with Crippen molar-refractivity contribution in [1.29, 1.82) is 0 Å². The van der Waals surface area contributed by atoms with Gasteiger partial charge in [0.1, 0.15) is 13.1 Å². The molecule has 1 saturated heterocycles. The highest BCUT2D eigenvalue weighted by Gasteiger charge is 2.29. The van der Waals surface area contributed by atoms with E-state index in [4.69, 9.17) is 14.2 Å². The number of nitrogens with zero attached hydrogens (tertiary/aromatic N) is 2. The maximum atomic E-state index is 12.4. The van der Waals surface area contributed by atoms with Gasteiger partial charge in [-0.3, -0.25) is 4.79 Å². The molecule has 0 bridgehead atoms.